The van der Waals surface area contributed by atoms with Crippen molar-refractivity contribution in [3.05, 3.63) is 12.2 Å². The van der Waals surface area contributed by atoms with Crippen molar-refractivity contribution in [3.8, 4) is 0 Å². The van der Waals surface area contributed by atoms with Gasteiger partial charge in [0, 0.05) is 6.42 Å². The zero-order valence-electron chi connectivity index (χ0n) is 11.2. The molecule has 128 valence electrons. The first-order chi connectivity index (χ1) is 9.99. The van der Waals surface area contributed by atoms with Crippen LogP contribution in [0.2, 0.25) is 0 Å². The van der Waals surface area contributed by atoms with E-state index in [9.17, 15) is 26.0 Å². The van der Waals surface area contributed by atoms with Crippen LogP contribution in [0.5, 0.6) is 0 Å². The fourth-order valence-corrected chi connectivity index (χ4v) is 2.49. The molecule has 1 heterocycles. The molecular weight excluding hydrogens is 336 g/mol. The number of allylic oxidation sites excluding steroid dienone is 1. The third kappa shape index (κ3) is 3.27. The largest absolute Gasteiger partial charge is 0.459 e. The molecule has 1 N–H and O–H groups in total. The van der Waals surface area contributed by atoms with Gasteiger partial charge in [-0.15, -0.1) is 0 Å². The Balaban J connectivity index is 1.96. The molecular formula is C11H14F4O6S. The molecule has 2 atom stereocenters. The molecule has 22 heavy (non-hydrogen) atoms. The molecule has 0 bridgehead atoms. The molecule has 11 heteroatoms. The van der Waals surface area contributed by atoms with E-state index in [-0.39, 0.29) is 6.61 Å². The van der Waals surface area contributed by atoms with Gasteiger partial charge in [-0.05, 0) is 18.9 Å². The first kappa shape index (κ1) is 17.6. The van der Waals surface area contributed by atoms with E-state index < -0.39 is 40.0 Å². The van der Waals surface area contributed by atoms with E-state index >= 15 is 0 Å². The van der Waals surface area contributed by atoms with Crippen molar-refractivity contribution >= 4 is 10.1 Å². The molecule has 0 aromatic rings. The number of halogens is 4. The van der Waals surface area contributed by atoms with E-state index in [1.54, 1.807) is 12.2 Å². The smallest absolute Gasteiger partial charge is 0.344 e. The van der Waals surface area contributed by atoms with Crippen LogP contribution in [0.25, 0.3) is 0 Å². The van der Waals surface area contributed by atoms with Crippen molar-refractivity contribution in [3.63, 3.8) is 0 Å². The van der Waals surface area contributed by atoms with Gasteiger partial charge in [-0.3, -0.25) is 4.55 Å². The summed E-state index contributed by atoms with van der Waals surface area (Å²) in [5, 5.41) is -5.76. The number of ether oxygens (including phenoxy) is 3. The second kappa shape index (κ2) is 5.71. The highest BCUT2D eigenvalue weighted by molar-refractivity contribution is 7.86. The van der Waals surface area contributed by atoms with Crippen LogP contribution in [-0.4, -0.2) is 49.4 Å². The molecule has 6 nitrogen and oxygen atoms in total. The average molecular weight is 350 g/mol. The Hall–Kier alpha value is -0.750. The number of alkyl halides is 4. The molecule has 1 unspecified atom stereocenters. The SMILES string of the molecule is O=S(=O)(O)C(F)(F)C(F)(F)OCC1CO[C@]2(C=CCCC2)O1. The highest BCUT2D eigenvalue weighted by Crippen LogP contribution is 2.40. The van der Waals surface area contributed by atoms with Crippen LogP contribution in [0.3, 0.4) is 0 Å². The minimum absolute atomic E-state index is 0.169. The van der Waals surface area contributed by atoms with Crippen LogP contribution in [0, 0.1) is 0 Å². The fraction of sp³-hybridized carbons (Fsp3) is 0.818. The molecule has 1 aliphatic carbocycles. The van der Waals surface area contributed by atoms with Crippen molar-refractivity contribution in [1.82, 2.24) is 0 Å². The van der Waals surface area contributed by atoms with Crippen LogP contribution >= 0.6 is 0 Å². The van der Waals surface area contributed by atoms with E-state index in [0.717, 1.165) is 12.8 Å². The number of hydrogen-bond acceptors (Lipinski definition) is 5. The average Bonchev–Trinajstić information content (AvgIpc) is 2.79. The summed E-state index contributed by atoms with van der Waals surface area (Å²) in [6.45, 7) is -1.19. The molecule has 0 saturated carbocycles. The van der Waals surface area contributed by atoms with Gasteiger partial charge < -0.3 is 14.2 Å². The van der Waals surface area contributed by atoms with Gasteiger partial charge in [0.1, 0.15) is 6.10 Å². The molecule has 0 amide bonds. The van der Waals surface area contributed by atoms with E-state index in [0.29, 0.717) is 6.42 Å². The van der Waals surface area contributed by atoms with Crippen LogP contribution in [0.4, 0.5) is 17.6 Å². The maximum Gasteiger partial charge on any atom is 0.459 e. The fourth-order valence-electron chi connectivity index (χ4n) is 2.13. The van der Waals surface area contributed by atoms with Gasteiger partial charge in [0.2, 0.25) is 0 Å². The van der Waals surface area contributed by atoms with E-state index in [1.807, 2.05) is 0 Å². The number of hydrogen-bond donors (Lipinski definition) is 1. The summed E-state index contributed by atoms with van der Waals surface area (Å²) in [6, 6.07) is 0. The summed E-state index contributed by atoms with van der Waals surface area (Å²) in [5.41, 5.74) is 0. The van der Waals surface area contributed by atoms with Gasteiger partial charge in [-0.2, -0.15) is 26.0 Å². The van der Waals surface area contributed by atoms with Crippen molar-refractivity contribution in [1.29, 1.82) is 0 Å². The van der Waals surface area contributed by atoms with Gasteiger partial charge in [-0.1, -0.05) is 6.08 Å². The van der Waals surface area contributed by atoms with Crippen molar-refractivity contribution < 1.29 is 44.7 Å². The van der Waals surface area contributed by atoms with Gasteiger partial charge in [0.25, 0.3) is 0 Å². The minimum Gasteiger partial charge on any atom is -0.344 e. The molecule has 2 rings (SSSR count). The molecule has 0 radical (unpaired) electrons. The molecule has 0 aromatic heterocycles. The Morgan fingerprint density at radius 3 is 2.59 bits per heavy atom. The summed E-state index contributed by atoms with van der Waals surface area (Å²) in [7, 11) is -6.32. The van der Waals surface area contributed by atoms with E-state index in [2.05, 4.69) is 4.74 Å². The van der Waals surface area contributed by atoms with E-state index in [4.69, 9.17) is 14.0 Å². The van der Waals surface area contributed by atoms with Gasteiger partial charge in [0.05, 0.1) is 13.2 Å². The summed E-state index contributed by atoms with van der Waals surface area (Å²) in [6.07, 6.45) is -1.02. The maximum atomic E-state index is 13.2. The normalized spacial score (nSPS) is 30.1. The molecule has 1 saturated heterocycles. The first-order valence-electron chi connectivity index (χ1n) is 6.35. The van der Waals surface area contributed by atoms with Gasteiger partial charge >= 0.3 is 21.5 Å². The Kier molecular flexibility index (Phi) is 4.57. The Labute approximate surface area is 123 Å². The third-order valence-electron chi connectivity index (χ3n) is 3.26. The van der Waals surface area contributed by atoms with Crippen LogP contribution in [0.15, 0.2) is 12.2 Å². The second-order valence-corrected chi connectivity index (χ2v) is 6.44. The first-order valence-corrected chi connectivity index (χ1v) is 7.79. The summed E-state index contributed by atoms with van der Waals surface area (Å²) in [4.78, 5) is 0. The minimum atomic E-state index is -6.32. The Morgan fingerprint density at radius 2 is 2.05 bits per heavy atom. The molecule has 0 aromatic carbocycles. The summed E-state index contributed by atoms with van der Waals surface area (Å²) < 4.78 is 95.4. The van der Waals surface area contributed by atoms with Gasteiger partial charge in [0.15, 0.2) is 5.79 Å². The predicted octanol–water partition coefficient (Wildman–Crippen LogP) is 1.93. The monoisotopic (exact) mass is 350 g/mol. The molecule has 1 aliphatic heterocycles. The zero-order chi connectivity index (χ0) is 16.6. The Bertz CT molecular complexity index is 549. The highest BCUT2D eigenvalue weighted by Gasteiger charge is 2.67. The van der Waals surface area contributed by atoms with Gasteiger partial charge in [-0.25, -0.2) is 0 Å². The molecule has 1 spiro atoms. The van der Waals surface area contributed by atoms with E-state index in [1.165, 1.54) is 0 Å². The lowest BCUT2D eigenvalue weighted by atomic mass is 10.0. The summed E-state index contributed by atoms with van der Waals surface area (Å²) in [5.74, 6) is -1.08. The van der Waals surface area contributed by atoms with Crippen molar-refractivity contribution in [2.45, 2.75) is 42.5 Å². The third-order valence-corrected chi connectivity index (χ3v) is 4.15. The lowest BCUT2D eigenvalue weighted by molar-refractivity contribution is -0.324. The van der Waals surface area contributed by atoms with Crippen LogP contribution < -0.4 is 0 Å². The number of rotatable bonds is 5. The van der Waals surface area contributed by atoms with Crippen LogP contribution in [0.1, 0.15) is 19.3 Å². The highest BCUT2D eigenvalue weighted by atomic mass is 32.2. The van der Waals surface area contributed by atoms with Crippen LogP contribution in [-0.2, 0) is 24.3 Å². The van der Waals surface area contributed by atoms with Crippen molar-refractivity contribution in [2.24, 2.45) is 0 Å². The quantitative estimate of drug-likeness (QED) is 0.464. The lowest BCUT2D eigenvalue weighted by Gasteiger charge is -2.28. The molecule has 2 aliphatic rings. The summed E-state index contributed by atoms with van der Waals surface area (Å²) >= 11 is 0. The standard InChI is InChI=1S/C11H14F4O6S/c12-10(13,11(14,15)22(16,17)18)20-7-8-6-19-9(21-8)4-2-1-3-5-9/h2,4,8H,1,3,5-7H2,(H,16,17,18)/t8?,9-/m1/s1. The molecule has 1 fully saturated rings. The second-order valence-electron chi connectivity index (χ2n) is 4.98. The van der Waals surface area contributed by atoms with Crippen molar-refractivity contribution in [2.75, 3.05) is 13.2 Å². The predicted molar refractivity (Wildman–Crippen MR) is 63.9 cm³/mol. The maximum absolute atomic E-state index is 13.2. The zero-order valence-corrected chi connectivity index (χ0v) is 12.0. The lowest BCUT2D eigenvalue weighted by Crippen LogP contribution is -2.49. The topological polar surface area (TPSA) is 82.1 Å². The Morgan fingerprint density at radius 1 is 1.36 bits per heavy atom.